The van der Waals surface area contributed by atoms with Crippen LogP contribution in [-0.2, 0) is 11.1 Å². The number of pyridine rings is 1. The molecule has 2 heterocycles. The molecule has 4 rings (SSSR count). The van der Waals surface area contributed by atoms with Crippen molar-refractivity contribution in [3.05, 3.63) is 65.0 Å². The Labute approximate surface area is 240 Å². The smallest absolute Gasteiger partial charge is 0.424 e. The normalized spacial score (nSPS) is 21.3. The summed E-state index contributed by atoms with van der Waals surface area (Å²) in [6, 6.07) is 4.98. The highest BCUT2D eigenvalue weighted by molar-refractivity contribution is 5.95. The lowest BCUT2D eigenvalue weighted by Gasteiger charge is -2.32. The second kappa shape index (κ2) is 11.9. The second-order valence-corrected chi connectivity index (χ2v) is 10.5. The fourth-order valence-corrected chi connectivity index (χ4v) is 4.68. The van der Waals surface area contributed by atoms with Crippen LogP contribution in [0, 0.1) is 5.92 Å². The minimum Gasteiger partial charge on any atom is -0.493 e. The topological polar surface area (TPSA) is 136 Å². The Bertz CT molecular complexity index is 1400. The molecule has 42 heavy (non-hydrogen) atoms. The first-order chi connectivity index (χ1) is 19.7. The number of aliphatic hydroxyl groups excluding tert-OH is 1. The molecule has 1 aromatic heterocycles. The number of nitrogens with one attached hydrogen (secondary N) is 1. The van der Waals surface area contributed by atoms with E-state index in [1.54, 1.807) is 13.8 Å². The number of carbonyl (C=O) groups is 1. The summed E-state index contributed by atoms with van der Waals surface area (Å²) >= 11 is 0. The monoisotopic (exact) mass is 595 g/mol. The minimum absolute atomic E-state index is 0.0165. The maximum Gasteiger partial charge on any atom is 0.424 e. The van der Waals surface area contributed by atoms with E-state index in [0.717, 1.165) is 6.07 Å². The maximum atomic E-state index is 14.6. The van der Waals surface area contributed by atoms with Gasteiger partial charge in [0.15, 0.2) is 17.2 Å². The number of alkyl halides is 4. The molecule has 5 N–H and O–H groups in total. The van der Waals surface area contributed by atoms with Crippen LogP contribution in [0.15, 0.2) is 42.5 Å². The first-order valence-electron chi connectivity index (χ1n) is 13.2. The standard InChI is InChI=1S/C29H33F4N3O6/c1-16(2)27(34)15-42-25-20(27)13-23(36-24(25)17-4-7-19(30)8-5-17)28(39,29(31,32)33)14-35-26(38)18-6-9-21(41-11-10-37)22(12-18)40-3/h4-7,9,12-13,16,19,37,39H,8,10-11,14-15,34H2,1-3H3,(H,35,38). The summed E-state index contributed by atoms with van der Waals surface area (Å²) in [7, 11) is 1.31. The van der Waals surface area contributed by atoms with E-state index in [2.05, 4.69) is 10.3 Å². The molecular weight excluding hydrogens is 562 g/mol. The molecule has 0 radical (unpaired) electrons. The first-order valence-corrected chi connectivity index (χ1v) is 13.2. The quantitative estimate of drug-likeness (QED) is 0.307. The van der Waals surface area contributed by atoms with Crippen molar-refractivity contribution in [3.8, 4) is 17.2 Å². The number of hydrogen-bond donors (Lipinski definition) is 4. The van der Waals surface area contributed by atoms with Crippen molar-refractivity contribution >= 4 is 11.5 Å². The molecule has 2 aliphatic rings. The number of fused-ring (bicyclic) bond motifs is 1. The predicted octanol–water partition coefficient (Wildman–Crippen LogP) is 3.53. The summed E-state index contributed by atoms with van der Waals surface area (Å²) < 4.78 is 74.0. The molecule has 3 atom stereocenters. The highest BCUT2D eigenvalue weighted by Crippen LogP contribution is 2.47. The molecule has 0 spiro atoms. The fraction of sp³-hybridized carbons (Fsp3) is 0.448. The second-order valence-electron chi connectivity index (χ2n) is 10.5. The number of ether oxygens (including phenoxy) is 3. The van der Waals surface area contributed by atoms with Crippen LogP contribution in [-0.4, -0.2) is 66.9 Å². The van der Waals surface area contributed by atoms with Gasteiger partial charge in [-0.3, -0.25) is 4.79 Å². The number of methoxy groups -OCH3 is 1. The Morgan fingerprint density at radius 3 is 2.62 bits per heavy atom. The number of hydrogen-bond acceptors (Lipinski definition) is 8. The third-order valence-electron chi connectivity index (χ3n) is 7.45. The summed E-state index contributed by atoms with van der Waals surface area (Å²) in [6.45, 7) is 1.95. The third-order valence-corrected chi connectivity index (χ3v) is 7.45. The Balaban J connectivity index is 1.74. The van der Waals surface area contributed by atoms with Crippen molar-refractivity contribution in [3.63, 3.8) is 0 Å². The molecule has 1 aliphatic carbocycles. The van der Waals surface area contributed by atoms with E-state index >= 15 is 0 Å². The number of aliphatic hydroxyl groups is 2. The minimum atomic E-state index is -5.28. The van der Waals surface area contributed by atoms with E-state index in [0.29, 0.717) is 5.57 Å². The van der Waals surface area contributed by atoms with Crippen molar-refractivity contribution in [2.45, 2.75) is 43.8 Å². The van der Waals surface area contributed by atoms with Crippen molar-refractivity contribution < 1.29 is 46.8 Å². The molecule has 9 nitrogen and oxygen atoms in total. The molecule has 0 saturated heterocycles. The van der Waals surface area contributed by atoms with Gasteiger partial charge in [-0.2, -0.15) is 13.2 Å². The molecule has 1 aromatic carbocycles. The third kappa shape index (κ3) is 5.81. The number of nitrogens with two attached hydrogens (primary N) is 1. The van der Waals surface area contributed by atoms with Crippen LogP contribution in [0.25, 0.3) is 5.57 Å². The van der Waals surface area contributed by atoms with Crippen LogP contribution in [0.5, 0.6) is 17.2 Å². The number of carbonyl (C=O) groups excluding carboxylic acids is 1. The van der Waals surface area contributed by atoms with Crippen LogP contribution in [0.1, 0.15) is 47.6 Å². The first kappa shape index (κ1) is 31.3. The highest BCUT2D eigenvalue weighted by atomic mass is 19.4. The zero-order valence-electron chi connectivity index (χ0n) is 23.3. The van der Waals surface area contributed by atoms with Gasteiger partial charge >= 0.3 is 6.18 Å². The van der Waals surface area contributed by atoms with Crippen LogP contribution in [0.4, 0.5) is 17.6 Å². The Kier molecular flexibility index (Phi) is 8.86. The number of rotatable bonds is 10. The number of amides is 1. The lowest BCUT2D eigenvalue weighted by molar-refractivity contribution is -0.265. The van der Waals surface area contributed by atoms with E-state index in [4.69, 9.17) is 25.1 Å². The fourth-order valence-electron chi connectivity index (χ4n) is 4.68. The summed E-state index contributed by atoms with van der Waals surface area (Å²) in [5.74, 6) is -0.716. The van der Waals surface area contributed by atoms with Gasteiger partial charge in [-0.1, -0.05) is 26.0 Å². The lowest BCUT2D eigenvalue weighted by Crippen LogP contribution is -2.52. The molecule has 2 aromatic rings. The number of aromatic nitrogens is 1. The zero-order chi connectivity index (χ0) is 30.9. The summed E-state index contributed by atoms with van der Waals surface area (Å²) in [5.41, 5.74) is 1.42. The van der Waals surface area contributed by atoms with Crippen LogP contribution >= 0.6 is 0 Å². The average Bonchev–Trinajstić information content (AvgIpc) is 3.31. The molecule has 1 aliphatic heterocycles. The zero-order valence-corrected chi connectivity index (χ0v) is 23.3. The number of allylic oxidation sites excluding steroid dienone is 4. The Morgan fingerprint density at radius 1 is 1.29 bits per heavy atom. The van der Waals surface area contributed by atoms with Gasteiger partial charge in [-0.15, -0.1) is 0 Å². The van der Waals surface area contributed by atoms with Crippen LogP contribution in [0.3, 0.4) is 0 Å². The van der Waals surface area contributed by atoms with Gasteiger partial charge in [0, 0.05) is 17.5 Å². The number of halogens is 4. The van der Waals surface area contributed by atoms with Crippen molar-refractivity contribution in [2.24, 2.45) is 11.7 Å². The molecule has 228 valence electrons. The molecule has 13 heteroatoms. The van der Waals surface area contributed by atoms with Gasteiger partial charge < -0.3 is 35.5 Å². The molecule has 0 bridgehead atoms. The number of benzene rings is 1. The van der Waals surface area contributed by atoms with Crippen LogP contribution < -0.4 is 25.3 Å². The highest BCUT2D eigenvalue weighted by Gasteiger charge is 2.57. The average molecular weight is 596 g/mol. The van der Waals surface area contributed by atoms with E-state index in [1.807, 2.05) is 0 Å². The molecule has 0 saturated carbocycles. The van der Waals surface area contributed by atoms with Crippen molar-refractivity contribution in [1.82, 2.24) is 10.3 Å². The van der Waals surface area contributed by atoms with Crippen LogP contribution in [0.2, 0.25) is 0 Å². The largest absolute Gasteiger partial charge is 0.493 e. The summed E-state index contributed by atoms with van der Waals surface area (Å²) in [6.07, 6.45) is -2.42. The van der Waals surface area contributed by atoms with E-state index in [9.17, 15) is 27.5 Å². The van der Waals surface area contributed by atoms with E-state index in [-0.39, 0.29) is 66.2 Å². The van der Waals surface area contributed by atoms with Gasteiger partial charge in [0.2, 0.25) is 5.60 Å². The van der Waals surface area contributed by atoms with E-state index in [1.165, 1.54) is 43.5 Å². The van der Waals surface area contributed by atoms with Gasteiger partial charge in [0.05, 0.1) is 31.5 Å². The summed E-state index contributed by atoms with van der Waals surface area (Å²) in [5, 5.41) is 22.3. The molecule has 0 fully saturated rings. The Hall–Kier alpha value is -3.68. The van der Waals surface area contributed by atoms with Gasteiger partial charge in [-0.05, 0) is 41.8 Å². The SMILES string of the molecule is COc1cc(C(=O)NCC(O)(c2cc3c(c(C4=CCC(F)C=C4)n2)OCC3(N)C(C)C)C(F)(F)F)ccc1OCCO. The van der Waals surface area contributed by atoms with Gasteiger partial charge in [-0.25, -0.2) is 9.37 Å². The van der Waals surface area contributed by atoms with E-state index < -0.39 is 41.6 Å². The predicted molar refractivity (Wildman–Crippen MR) is 145 cm³/mol. The van der Waals surface area contributed by atoms with Crippen molar-refractivity contribution in [1.29, 1.82) is 0 Å². The molecular formula is C29H33F4N3O6. The van der Waals surface area contributed by atoms with Gasteiger partial charge in [0.1, 0.15) is 25.1 Å². The Morgan fingerprint density at radius 2 is 2.02 bits per heavy atom. The molecule has 3 unspecified atom stereocenters. The maximum absolute atomic E-state index is 14.6. The summed E-state index contributed by atoms with van der Waals surface area (Å²) in [4.78, 5) is 17.1. The number of nitrogens with zero attached hydrogens (tertiary/aromatic N) is 1. The van der Waals surface area contributed by atoms with Gasteiger partial charge in [0.25, 0.3) is 5.91 Å². The molecule has 1 amide bonds. The van der Waals surface area contributed by atoms with Crippen molar-refractivity contribution in [2.75, 3.05) is 33.5 Å². The lowest BCUT2D eigenvalue weighted by atomic mass is 9.80.